The van der Waals surface area contributed by atoms with Crippen LogP contribution in [0.1, 0.15) is 31.2 Å². The number of hydrogen-bond donors (Lipinski definition) is 1. The Kier molecular flexibility index (Phi) is 5.43. The Balaban J connectivity index is 0.00000133. The Morgan fingerprint density at radius 3 is 2.47 bits per heavy atom. The second kappa shape index (κ2) is 6.50. The van der Waals surface area contributed by atoms with Crippen molar-refractivity contribution in [3.05, 3.63) is 20.3 Å². The molecular formula is C13H19Cl3N2S. The SMILES string of the molecule is CN(Cc1csc(Cl)c1Cl)C1CC2CCC(C1)N2.Cl. The lowest BCUT2D eigenvalue weighted by Crippen LogP contribution is -2.46. The molecular weight excluding hydrogens is 323 g/mol. The second-order valence-corrected chi connectivity index (χ2v) is 7.39. The molecule has 2 fully saturated rings. The molecule has 3 rings (SSSR count). The minimum Gasteiger partial charge on any atom is -0.311 e. The van der Waals surface area contributed by atoms with E-state index in [-0.39, 0.29) is 12.4 Å². The summed E-state index contributed by atoms with van der Waals surface area (Å²) in [5.74, 6) is 0. The first-order valence-electron chi connectivity index (χ1n) is 6.51. The second-order valence-electron chi connectivity index (χ2n) is 5.53. The molecule has 108 valence electrons. The summed E-state index contributed by atoms with van der Waals surface area (Å²) < 4.78 is 0.713. The number of thiophene rings is 1. The number of halogens is 3. The maximum atomic E-state index is 6.20. The van der Waals surface area contributed by atoms with Crippen LogP contribution in [0.25, 0.3) is 0 Å². The molecule has 2 atom stereocenters. The summed E-state index contributed by atoms with van der Waals surface area (Å²) in [6, 6.07) is 2.15. The van der Waals surface area contributed by atoms with Gasteiger partial charge in [-0.1, -0.05) is 23.2 Å². The number of nitrogens with zero attached hydrogens (tertiary/aromatic N) is 1. The summed E-state index contributed by atoms with van der Waals surface area (Å²) in [6.07, 6.45) is 5.23. The quantitative estimate of drug-likeness (QED) is 0.886. The van der Waals surface area contributed by atoms with Crippen molar-refractivity contribution in [3.63, 3.8) is 0 Å². The van der Waals surface area contributed by atoms with Gasteiger partial charge in [0.2, 0.25) is 0 Å². The van der Waals surface area contributed by atoms with Crippen LogP contribution in [0.15, 0.2) is 5.38 Å². The van der Waals surface area contributed by atoms with Crippen molar-refractivity contribution < 1.29 is 0 Å². The summed E-state index contributed by atoms with van der Waals surface area (Å²) in [5, 5.41) is 6.50. The summed E-state index contributed by atoms with van der Waals surface area (Å²) in [6.45, 7) is 0.909. The minimum atomic E-state index is 0. The van der Waals surface area contributed by atoms with Crippen molar-refractivity contribution in [2.24, 2.45) is 0 Å². The summed E-state index contributed by atoms with van der Waals surface area (Å²) >= 11 is 13.7. The van der Waals surface area contributed by atoms with Gasteiger partial charge in [0, 0.05) is 24.7 Å². The molecule has 0 spiro atoms. The van der Waals surface area contributed by atoms with Crippen molar-refractivity contribution >= 4 is 46.9 Å². The van der Waals surface area contributed by atoms with E-state index in [0.29, 0.717) is 10.4 Å². The molecule has 0 aliphatic carbocycles. The molecule has 0 radical (unpaired) electrons. The third kappa shape index (κ3) is 3.39. The van der Waals surface area contributed by atoms with Gasteiger partial charge in [-0.2, -0.15) is 0 Å². The first-order valence-corrected chi connectivity index (χ1v) is 8.14. The Morgan fingerprint density at radius 1 is 1.32 bits per heavy atom. The number of fused-ring (bicyclic) bond motifs is 2. The highest BCUT2D eigenvalue weighted by Crippen LogP contribution is 2.35. The lowest BCUT2D eigenvalue weighted by molar-refractivity contribution is 0.166. The smallest absolute Gasteiger partial charge is 0.112 e. The molecule has 1 aromatic heterocycles. The zero-order chi connectivity index (χ0) is 12.7. The van der Waals surface area contributed by atoms with E-state index in [0.717, 1.165) is 23.7 Å². The average molecular weight is 342 g/mol. The zero-order valence-electron chi connectivity index (χ0n) is 10.9. The van der Waals surface area contributed by atoms with Crippen molar-refractivity contribution in [1.29, 1.82) is 0 Å². The van der Waals surface area contributed by atoms with Gasteiger partial charge in [0.1, 0.15) is 4.34 Å². The van der Waals surface area contributed by atoms with E-state index in [1.54, 1.807) is 0 Å². The number of hydrogen-bond acceptors (Lipinski definition) is 3. The van der Waals surface area contributed by atoms with Gasteiger partial charge in [0.15, 0.2) is 0 Å². The Labute approximate surface area is 134 Å². The van der Waals surface area contributed by atoms with Gasteiger partial charge in [-0.3, -0.25) is 4.90 Å². The van der Waals surface area contributed by atoms with Gasteiger partial charge in [-0.15, -0.1) is 23.7 Å². The van der Waals surface area contributed by atoms with Crippen LogP contribution < -0.4 is 5.32 Å². The van der Waals surface area contributed by atoms with E-state index < -0.39 is 0 Å². The third-order valence-electron chi connectivity index (χ3n) is 4.25. The Bertz CT molecular complexity index is 426. The first kappa shape index (κ1) is 15.9. The summed E-state index contributed by atoms with van der Waals surface area (Å²) in [5.41, 5.74) is 1.17. The van der Waals surface area contributed by atoms with Crippen LogP contribution in [0, 0.1) is 0 Å². The maximum absolute atomic E-state index is 6.20. The average Bonchev–Trinajstić information content (AvgIpc) is 2.85. The fraction of sp³-hybridized carbons (Fsp3) is 0.692. The van der Waals surface area contributed by atoms with E-state index in [1.807, 2.05) is 0 Å². The van der Waals surface area contributed by atoms with E-state index in [1.165, 1.54) is 42.6 Å². The predicted molar refractivity (Wildman–Crippen MR) is 86.0 cm³/mol. The van der Waals surface area contributed by atoms with Gasteiger partial charge in [-0.25, -0.2) is 0 Å². The molecule has 3 heterocycles. The first-order chi connectivity index (χ1) is 8.63. The Morgan fingerprint density at radius 2 is 1.95 bits per heavy atom. The monoisotopic (exact) mass is 340 g/mol. The van der Waals surface area contributed by atoms with Crippen molar-refractivity contribution in [2.45, 2.75) is 50.4 Å². The molecule has 6 heteroatoms. The highest BCUT2D eigenvalue weighted by Gasteiger charge is 2.35. The fourth-order valence-electron chi connectivity index (χ4n) is 3.24. The predicted octanol–water partition coefficient (Wildman–Crippen LogP) is 4.19. The molecule has 1 aromatic rings. The van der Waals surface area contributed by atoms with E-state index in [9.17, 15) is 0 Å². The molecule has 0 saturated carbocycles. The van der Waals surface area contributed by atoms with Crippen molar-refractivity contribution in [2.75, 3.05) is 7.05 Å². The van der Waals surface area contributed by atoms with Gasteiger partial charge in [0.25, 0.3) is 0 Å². The van der Waals surface area contributed by atoms with Crippen LogP contribution in [-0.2, 0) is 6.54 Å². The molecule has 2 bridgehead atoms. The lowest BCUT2D eigenvalue weighted by atomic mass is 9.98. The van der Waals surface area contributed by atoms with Gasteiger partial charge >= 0.3 is 0 Å². The van der Waals surface area contributed by atoms with Crippen LogP contribution in [-0.4, -0.2) is 30.1 Å². The largest absolute Gasteiger partial charge is 0.311 e. The molecule has 2 unspecified atom stereocenters. The fourth-order valence-corrected chi connectivity index (χ4v) is 4.48. The lowest BCUT2D eigenvalue weighted by Gasteiger charge is -2.35. The standard InChI is InChI=1S/C13H18Cl2N2S.ClH/c1-17(6-8-7-18-13(15)12(8)14)11-4-9-2-3-10(5-11)16-9;/h7,9-11,16H,2-6H2,1H3;1H. The van der Waals surface area contributed by atoms with Gasteiger partial charge < -0.3 is 5.32 Å². The highest BCUT2D eigenvalue weighted by atomic mass is 35.5. The molecule has 19 heavy (non-hydrogen) atoms. The van der Waals surface area contributed by atoms with Crippen molar-refractivity contribution in [1.82, 2.24) is 10.2 Å². The molecule has 0 amide bonds. The third-order valence-corrected chi connectivity index (χ3v) is 6.16. The summed E-state index contributed by atoms with van der Waals surface area (Å²) in [4.78, 5) is 2.44. The van der Waals surface area contributed by atoms with Gasteiger partial charge in [0.05, 0.1) is 5.02 Å². The number of nitrogens with one attached hydrogen (secondary N) is 1. The zero-order valence-corrected chi connectivity index (χ0v) is 14.0. The summed E-state index contributed by atoms with van der Waals surface area (Å²) in [7, 11) is 2.21. The minimum absolute atomic E-state index is 0. The molecule has 2 nitrogen and oxygen atoms in total. The van der Waals surface area contributed by atoms with Crippen LogP contribution in [0.2, 0.25) is 9.36 Å². The molecule has 2 saturated heterocycles. The van der Waals surface area contributed by atoms with E-state index in [4.69, 9.17) is 23.2 Å². The van der Waals surface area contributed by atoms with E-state index >= 15 is 0 Å². The van der Waals surface area contributed by atoms with Crippen LogP contribution >= 0.6 is 46.9 Å². The number of piperidine rings is 1. The van der Waals surface area contributed by atoms with Crippen LogP contribution in [0.5, 0.6) is 0 Å². The van der Waals surface area contributed by atoms with E-state index in [2.05, 4.69) is 22.6 Å². The Hall–Kier alpha value is 0.490. The molecule has 0 aromatic carbocycles. The normalized spacial score (nSPS) is 29.6. The maximum Gasteiger partial charge on any atom is 0.112 e. The van der Waals surface area contributed by atoms with Gasteiger partial charge in [-0.05, 0) is 43.7 Å². The highest BCUT2D eigenvalue weighted by molar-refractivity contribution is 7.15. The van der Waals surface area contributed by atoms with Crippen LogP contribution in [0.4, 0.5) is 0 Å². The molecule has 2 aliphatic heterocycles. The van der Waals surface area contributed by atoms with Crippen molar-refractivity contribution in [3.8, 4) is 0 Å². The molecule has 2 aliphatic rings. The molecule has 1 N–H and O–H groups in total. The number of rotatable bonds is 3. The topological polar surface area (TPSA) is 15.3 Å². The van der Waals surface area contributed by atoms with Crippen LogP contribution in [0.3, 0.4) is 0 Å².